The molecule has 0 aliphatic heterocycles. The number of hydrogen-bond acceptors (Lipinski definition) is 3. The fourth-order valence-electron chi connectivity index (χ4n) is 2.91. The van der Waals surface area contributed by atoms with Crippen molar-refractivity contribution in [2.45, 2.75) is 40.2 Å². The van der Waals surface area contributed by atoms with Gasteiger partial charge >= 0.3 is 0 Å². The molecule has 0 saturated heterocycles. The van der Waals surface area contributed by atoms with Crippen LogP contribution in [0.3, 0.4) is 0 Å². The van der Waals surface area contributed by atoms with Crippen LogP contribution in [0.5, 0.6) is 0 Å². The lowest BCUT2D eigenvalue weighted by Crippen LogP contribution is -2.20. The third kappa shape index (κ3) is 6.00. The molecule has 1 N–H and O–H groups in total. The zero-order valence-electron chi connectivity index (χ0n) is 17.2. The molecule has 6 heteroatoms. The highest BCUT2D eigenvalue weighted by atomic mass is 79.9. The van der Waals surface area contributed by atoms with E-state index in [9.17, 15) is 9.18 Å². The van der Waals surface area contributed by atoms with Crippen molar-refractivity contribution in [3.63, 3.8) is 0 Å². The number of carbonyl (C=O) groups is 1. The van der Waals surface area contributed by atoms with Crippen LogP contribution < -0.4 is 5.32 Å². The maximum Gasteiger partial charge on any atom is 0.251 e. The largest absolute Gasteiger partial charge is 0.391 e. The number of likely N-dealkylation sites (N-methyl/N-ethyl adjacent to an activating group) is 1. The normalized spacial score (nSPS) is 12.1. The lowest BCUT2D eigenvalue weighted by molar-refractivity contribution is -0.115. The van der Waals surface area contributed by atoms with Crippen LogP contribution in [0.15, 0.2) is 52.1 Å². The SMILES string of the molecule is CCC/C=C(\C(=O)NC)c1cccc(C)c1CO/N=C(\C)c1cc(Br)ccc1F. The van der Waals surface area contributed by atoms with Crippen molar-refractivity contribution in [1.29, 1.82) is 0 Å². The minimum atomic E-state index is -0.362. The van der Waals surface area contributed by atoms with Crippen molar-refractivity contribution >= 4 is 33.1 Å². The van der Waals surface area contributed by atoms with Crippen molar-refractivity contribution in [2.24, 2.45) is 5.16 Å². The number of nitrogens with zero attached hydrogens (tertiary/aromatic N) is 1. The summed E-state index contributed by atoms with van der Waals surface area (Å²) in [5, 5.41) is 6.80. The van der Waals surface area contributed by atoms with E-state index >= 15 is 0 Å². The minimum absolute atomic E-state index is 0.138. The molecule has 2 aromatic rings. The molecule has 0 fully saturated rings. The van der Waals surface area contributed by atoms with Gasteiger partial charge in [-0.15, -0.1) is 0 Å². The standard InChI is InChI=1S/C23H26BrFN2O2/c1-5-6-9-19(23(28)26-4)18-10-7-8-15(2)21(18)14-29-27-16(3)20-13-17(24)11-12-22(20)25/h7-13H,5-6,14H2,1-4H3,(H,26,28)/b19-9-,27-16+. The van der Waals surface area contributed by atoms with E-state index in [0.29, 0.717) is 16.8 Å². The molecule has 0 aliphatic rings. The summed E-state index contributed by atoms with van der Waals surface area (Å²) in [6.07, 6.45) is 3.69. The highest BCUT2D eigenvalue weighted by molar-refractivity contribution is 9.10. The average Bonchev–Trinajstić information content (AvgIpc) is 2.71. The molecule has 4 nitrogen and oxygen atoms in total. The van der Waals surface area contributed by atoms with Gasteiger partial charge in [-0.25, -0.2) is 4.39 Å². The van der Waals surface area contributed by atoms with Crippen LogP contribution in [0, 0.1) is 12.7 Å². The third-order valence-corrected chi connectivity index (χ3v) is 5.03. The summed E-state index contributed by atoms with van der Waals surface area (Å²) in [6.45, 7) is 5.90. The number of amides is 1. The molecule has 2 rings (SSSR count). The first-order valence-electron chi connectivity index (χ1n) is 9.52. The van der Waals surface area contributed by atoms with E-state index in [1.54, 1.807) is 26.1 Å². The predicted octanol–water partition coefficient (Wildman–Crippen LogP) is 5.77. The van der Waals surface area contributed by atoms with Gasteiger partial charge in [0.15, 0.2) is 0 Å². The van der Waals surface area contributed by atoms with Crippen molar-refractivity contribution < 1.29 is 14.0 Å². The zero-order valence-corrected chi connectivity index (χ0v) is 18.8. The molecule has 0 bridgehead atoms. The van der Waals surface area contributed by atoms with Crippen LogP contribution in [0.1, 0.15) is 48.9 Å². The first-order chi connectivity index (χ1) is 13.9. The number of halogens is 2. The molecule has 0 atom stereocenters. The molecule has 29 heavy (non-hydrogen) atoms. The van der Waals surface area contributed by atoms with Crippen LogP contribution in [-0.4, -0.2) is 18.7 Å². The Labute approximate surface area is 180 Å². The summed E-state index contributed by atoms with van der Waals surface area (Å²) < 4.78 is 14.8. The number of carbonyl (C=O) groups excluding carboxylic acids is 1. The van der Waals surface area contributed by atoms with Gasteiger partial charge in [0.2, 0.25) is 0 Å². The van der Waals surface area contributed by atoms with Crippen LogP contribution in [-0.2, 0) is 16.2 Å². The lowest BCUT2D eigenvalue weighted by Gasteiger charge is -2.14. The second-order valence-electron chi connectivity index (χ2n) is 6.66. The summed E-state index contributed by atoms with van der Waals surface area (Å²) >= 11 is 3.34. The summed E-state index contributed by atoms with van der Waals surface area (Å²) in [5.74, 6) is -0.500. The molecular formula is C23H26BrFN2O2. The molecular weight excluding hydrogens is 435 g/mol. The molecule has 0 aromatic heterocycles. The molecule has 154 valence electrons. The number of oxime groups is 1. The summed E-state index contributed by atoms with van der Waals surface area (Å²) in [7, 11) is 1.62. The van der Waals surface area contributed by atoms with Crippen LogP contribution in [0.25, 0.3) is 5.57 Å². The second-order valence-corrected chi connectivity index (χ2v) is 7.58. The molecule has 0 saturated carbocycles. The predicted molar refractivity (Wildman–Crippen MR) is 119 cm³/mol. The molecule has 0 unspecified atom stereocenters. The maximum absolute atomic E-state index is 14.0. The van der Waals surface area contributed by atoms with Gasteiger partial charge < -0.3 is 10.2 Å². The van der Waals surface area contributed by atoms with E-state index in [-0.39, 0.29) is 18.3 Å². The Morgan fingerprint density at radius 1 is 1.28 bits per heavy atom. The highest BCUT2D eigenvalue weighted by Gasteiger charge is 2.16. The monoisotopic (exact) mass is 460 g/mol. The first-order valence-corrected chi connectivity index (χ1v) is 10.3. The Balaban J connectivity index is 2.31. The Morgan fingerprint density at radius 3 is 2.72 bits per heavy atom. The Morgan fingerprint density at radius 2 is 2.03 bits per heavy atom. The molecule has 0 heterocycles. The molecule has 1 amide bonds. The van der Waals surface area contributed by atoms with Gasteiger partial charge in [-0.1, -0.05) is 58.7 Å². The molecule has 2 aromatic carbocycles. The molecule has 0 aliphatic carbocycles. The van der Waals surface area contributed by atoms with Gasteiger partial charge in [0.05, 0.1) is 5.71 Å². The van der Waals surface area contributed by atoms with Gasteiger partial charge in [-0.3, -0.25) is 4.79 Å². The number of rotatable bonds is 8. The fourth-order valence-corrected chi connectivity index (χ4v) is 3.27. The summed E-state index contributed by atoms with van der Waals surface area (Å²) in [5.41, 5.74) is 4.12. The molecule has 0 spiro atoms. The van der Waals surface area contributed by atoms with Crippen LogP contribution >= 0.6 is 15.9 Å². The van der Waals surface area contributed by atoms with E-state index in [2.05, 4.69) is 33.3 Å². The summed E-state index contributed by atoms with van der Waals surface area (Å²) in [4.78, 5) is 18.0. The number of allylic oxidation sites excluding steroid dienone is 1. The smallest absolute Gasteiger partial charge is 0.251 e. The van der Waals surface area contributed by atoms with Gasteiger partial charge in [0.25, 0.3) is 5.91 Å². The quantitative estimate of drug-likeness (QED) is 0.309. The van der Waals surface area contributed by atoms with Gasteiger partial charge in [0.1, 0.15) is 12.4 Å². The maximum atomic E-state index is 14.0. The number of aryl methyl sites for hydroxylation is 1. The minimum Gasteiger partial charge on any atom is -0.391 e. The van der Waals surface area contributed by atoms with Gasteiger partial charge in [-0.2, -0.15) is 0 Å². The molecule has 0 radical (unpaired) electrons. The lowest BCUT2D eigenvalue weighted by atomic mass is 9.95. The Bertz CT molecular complexity index is 938. The van der Waals surface area contributed by atoms with E-state index in [1.165, 1.54) is 6.07 Å². The van der Waals surface area contributed by atoms with Crippen molar-refractivity contribution in [3.8, 4) is 0 Å². The highest BCUT2D eigenvalue weighted by Crippen LogP contribution is 2.25. The van der Waals surface area contributed by atoms with Crippen molar-refractivity contribution in [1.82, 2.24) is 5.32 Å². The average molecular weight is 461 g/mol. The number of hydrogen-bond donors (Lipinski definition) is 1. The second kappa shape index (κ2) is 10.9. The summed E-state index contributed by atoms with van der Waals surface area (Å²) in [6, 6.07) is 10.5. The van der Waals surface area contributed by atoms with Gasteiger partial charge in [0, 0.05) is 28.2 Å². The van der Waals surface area contributed by atoms with Crippen LogP contribution in [0.2, 0.25) is 0 Å². The Hall–Kier alpha value is -2.47. The number of benzene rings is 2. The van der Waals surface area contributed by atoms with Crippen molar-refractivity contribution in [3.05, 3.63) is 75.0 Å². The van der Waals surface area contributed by atoms with E-state index in [0.717, 1.165) is 34.0 Å². The van der Waals surface area contributed by atoms with Crippen molar-refractivity contribution in [2.75, 3.05) is 7.05 Å². The van der Waals surface area contributed by atoms with Crippen LogP contribution in [0.4, 0.5) is 4.39 Å². The first kappa shape index (κ1) is 22.8. The number of unbranched alkanes of at least 4 members (excludes halogenated alkanes) is 1. The Kier molecular flexibility index (Phi) is 8.58. The van der Waals surface area contributed by atoms with E-state index < -0.39 is 0 Å². The van der Waals surface area contributed by atoms with Gasteiger partial charge in [-0.05, 0) is 49.6 Å². The van der Waals surface area contributed by atoms with E-state index in [4.69, 9.17) is 4.84 Å². The van der Waals surface area contributed by atoms with E-state index in [1.807, 2.05) is 31.2 Å². The third-order valence-electron chi connectivity index (χ3n) is 4.54. The number of nitrogens with one attached hydrogen (secondary N) is 1. The topological polar surface area (TPSA) is 50.7 Å². The fraction of sp³-hybridized carbons (Fsp3) is 0.304. The zero-order chi connectivity index (χ0) is 21.4.